The molecule has 4 heteroatoms. The van der Waals surface area contributed by atoms with Gasteiger partial charge in [-0.15, -0.1) is 0 Å². The van der Waals surface area contributed by atoms with Gasteiger partial charge < -0.3 is 4.98 Å². The number of nitrogens with one attached hydrogen (secondary N) is 1. The van der Waals surface area contributed by atoms with Crippen molar-refractivity contribution in [1.29, 1.82) is 0 Å². The van der Waals surface area contributed by atoms with E-state index in [0.717, 1.165) is 22.5 Å². The number of rotatable bonds is 3. The van der Waals surface area contributed by atoms with Gasteiger partial charge in [-0.2, -0.15) is 11.8 Å². The fourth-order valence-corrected chi connectivity index (χ4v) is 3.59. The van der Waals surface area contributed by atoms with Gasteiger partial charge in [-0.1, -0.05) is 40.0 Å². The second kappa shape index (κ2) is 6.12. The van der Waals surface area contributed by atoms with Crippen molar-refractivity contribution < 1.29 is 0 Å². The first-order valence-electron chi connectivity index (χ1n) is 7.17. The van der Waals surface area contributed by atoms with Gasteiger partial charge in [-0.25, -0.2) is 4.98 Å². The van der Waals surface area contributed by atoms with Crippen molar-refractivity contribution in [1.82, 2.24) is 9.97 Å². The molecule has 19 heavy (non-hydrogen) atoms. The van der Waals surface area contributed by atoms with Crippen molar-refractivity contribution in [2.45, 2.75) is 69.3 Å². The molecule has 1 saturated carbocycles. The van der Waals surface area contributed by atoms with Crippen LogP contribution in [-0.4, -0.2) is 15.2 Å². The van der Waals surface area contributed by atoms with Crippen molar-refractivity contribution in [2.75, 3.05) is 0 Å². The summed E-state index contributed by atoms with van der Waals surface area (Å²) < 4.78 is 0. The van der Waals surface area contributed by atoms with Gasteiger partial charge in [0.25, 0.3) is 5.56 Å². The van der Waals surface area contributed by atoms with Crippen LogP contribution in [0.3, 0.4) is 0 Å². The van der Waals surface area contributed by atoms with Crippen LogP contribution in [0.15, 0.2) is 10.9 Å². The zero-order chi connectivity index (χ0) is 13.9. The molecule has 106 valence electrons. The third kappa shape index (κ3) is 4.37. The maximum absolute atomic E-state index is 11.7. The highest BCUT2D eigenvalue weighted by atomic mass is 32.2. The molecule has 0 aromatic carbocycles. The van der Waals surface area contributed by atoms with Gasteiger partial charge >= 0.3 is 0 Å². The van der Waals surface area contributed by atoms with Crippen LogP contribution in [-0.2, 0) is 11.2 Å². The summed E-state index contributed by atoms with van der Waals surface area (Å²) in [7, 11) is 0. The molecule has 1 aromatic heterocycles. The Balaban J connectivity index is 2.03. The zero-order valence-electron chi connectivity index (χ0n) is 12.2. The van der Waals surface area contributed by atoms with Crippen LogP contribution in [0.4, 0.5) is 0 Å². The lowest BCUT2D eigenvalue weighted by Gasteiger charge is -2.21. The van der Waals surface area contributed by atoms with E-state index in [9.17, 15) is 4.79 Å². The quantitative estimate of drug-likeness (QED) is 0.919. The molecule has 0 unspecified atom stereocenters. The topological polar surface area (TPSA) is 45.8 Å². The molecule has 1 heterocycles. The second-order valence-electron chi connectivity index (χ2n) is 6.40. The Kier molecular flexibility index (Phi) is 4.71. The molecule has 2 rings (SSSR count). The molecule has 1 aromatic rings. The van der Waals surface area contributed by atoms with Crippen molar-refractivity contribution in [2.24, 2.45) is 0 Å². The summed E-state index contributed by atoms with van der Waals surface area (Å²) in [5.74, 6) is 1.65. The number of hydrogen-bond donors (Lipinski definition) is 1. The molecule has 3 nitrogen and oxygen atoms in total. The number of aromatic nitrogens is 2. The monoisotopic (exact) mass is 280 g/mol. The average Bonchev–Trinajstić information content (AvgIpc) is 2.36. The SMILES string of the molecule is CC(C)(C)c1cc(=O)[nH]c(CSC2CCCCC2)n1. The molecule has 0 radical (unpaired) electrons. The Morgan fingerprint density at radius 1 is 1.32 bits per heavy atom. The summed E-state index contributed by atoms with van der Waals surface area (Å²) in [5, 5.41) is 0.748. The third-order valence-electron chi connectivity index (χ3n) is 3.57. The zero-order valence-corrected chi connectivity index (χ0v) is 13.0. The molecule has 0 spiro atoms. The van der Waals surface area contributed by atoms with E-state index >= 15 is 0 Å². The predicted octanol–water partition coefficient (Wildman–Crippen LogP) is 3.63. The van der Waals surface area contributed by atoms with Crippen molar-refractivity contribution in [3.63, 3.8) is 0 Å². The highest BCUT2D eigenvalue weighted by Gasteiger charge is 2.18. The normalized spacial score (nSPS) is 17.6. The van der Waals surface area contributed by atoms with Gasteiger partial charge in [0.2, 0.25) is 0 Å². The van der Waals surface area contributed by atoms with Crippen LogP contribution in [0.1, 0.15) is 64.4 Å². The van der Waals surface area contributed by atoms with Crippen LogP contribution in [0.5, 0.6) is 0 Å². The van der Waals surface area contributed by atoms with Crippen molar-refractivity contribution >= 4 is 11.8 Å². The number of H-pyrrole nitrogens is 1. The van der Waals surface area contributed by atoms with E-state index in [-0.39, 0.29) is 11.0 Å². The molecule has 0 amide bonds. The van der Waals surface area contributed by atoms with E-state index in [1.54, 1.807) is 6.07 Å². The van der Waals surface area contributed by atoms with Crippen LogP contribution >= 0.6 is 11.8 Å². The molecule has 0 saturated heterocycles. The standard InChI is InChI=1S/C15H24N2OS/c1-15(2,3)12-9-14(18)17-13(16-12)10-19-11-7-5-4-6-8-11/h9,11H,4-8,10H2,1-3H3,(H,16,17,18). The Bertz CT molecular complexity index is 470. The predicted molar refractivity (Wildman–Crippen MR) is 81.7 cm³/mol. The fraction of sp³-hybridized carbons (Fsp3) is 0.733. The van der Waals surface area contributed by atoms with E-state index in [1.165, 1.54) is 32.1 Å². The maximum atomic E-state index is 11.7. The van der Waals surface area contributed by atoms with E-state index in [1.807, 2.05) is 11.8 Å². The van der Waals surface area contributed by atoms with E-state index in [0.29, 0.717) is 0 Å². The van der Waals surface area contributed by atoms with Gasteiger partial charge in [-0.05, 0) is 12.8 Å². The third-order valence-corrected chi connectivity index (χ3v) is 4.95. The van der Waals surface area contributed by atoms with Gasteiger partial charge in [0.05, 0.1) is 11.4 Å². The van der Waals surface area contributed by atoms with E-state index < -0.39 is 0 Å². The first kappa shape index (κ1) is 14.6. The molecule has 0 bridgehead atoms. The summed E-state index contributed by atoms with van der Waals surface area (Å²) in [6, 6.07) is 1.62. The van der Waals surface area contributed by atoms with Crippen LogP contribution in [0.2, 0.25) is 0 Å². The van der Waals surface area contributed by atoms with Crippen molar-refractivity contribution in [3.05, 3.63) is 27.9 Å². The molecule has 1 aliphatic carbocycles. The minimum absolute atomic E-state index is 0.0285. The van der Waals surface area contributed by atoms with Crippen LogP contribution in [0, 0.1) is 0 Å². The highest BCUT2D eigenvalue weighted by molar-refractivity contribution is 7.99. The number of aromatic amines is 1. The second-order valence-corrected chi connectivity index (χ2v) is 7.69. The lowest BCUT2D eigenvalue weighted by Crippen LogP contribution is -2.21. The molecular formula is C15H24N2OS. The minimum Gasteiger partial charge on any atom is -0.310 e. The number of hydrogen-bond acceptors (Lipinski definition) is 3. The molecule has 0 aliphatic heterocycles. The first-order chi connectivity index (χ1) is 8.95. The van der Waals surface area contributed by atoms with E-state index in [2.05, 4.69) is 30.7 Å². The van der Waals surface area contributed by atoms with E-state index in [4.69, 9.17) is 0 Å². The lowest BCUT2D eigenvalue weighted by molar-refractivity contribution is 0.515. The molecule has 1 aliphatic rings. The largest absolute Gasteiger partial charge is 0.310 e. The Labute approximate surface area is 119 Å². The fourth-order valence-electron chi connectivity index (χ4n) is 2.39. The Morgan fingerprint density at radius 3 is 2.63 bits per heavy atom. The maximum Gasteiger partial charge on any atom is 0.251 e. The van der Waals surface area contributed by atoms with Crippen LogP contribution < -0.4 is 5.56 Å². The van der Waals surface area contributed by atoms with Crippen molar-refractivity contribution in [3.8, 4) is 0 Å². The summed E-state index contributed by atoms with van der Waals surface area (Å²) in [5.41, 5.74) is 0.785. The number of thioether (sulfide) groups is 1. The van der Waals surface area contributed by atoms with Gasteiger partial charge in [0, 0.05) is 16.7 Å². The van der Waals surface area contributed by atoms with Gasteiger partial charge in [0.15, 0.2) is 0 Å². The minimum atomic E-state index is -0.0709. The highest BCUT2D eigenvalue weighted by Crippen LogP contribution is 2.30. The van der Waals surface area contributed by atoms with Gasteiger partial charge in [0.1, 0.15) is 5.82 Å². The Morgan fingerprint density at radius 2 is 2.00 bits per heavy atom. The lowest BCUT2D eigenvalue weighted by atomic mass is 9.92. The number of nitrogens with zero attached hydrogens (tertiary/aromatic N) is 1. The summed E-state index contributed by atoms with van der Waals surface area (Å²) in [6.45, 7) is 6.27. The first-order valence-corrected chi connectivity index (χ1v) is 8.22. The Hall–Kier alpha value is -0.770. The summed E-state index contributed by atoms with van der Waals surface area (Å²) >= 11 is 1.95. The van der Waals surface area contributed by atoms with Crippen LogP contribution in [0.25, 0.3) is 0 Å². The smallest absolute Gasteiger partial charge is 0.251 e. The molecule has 1 fully saturated rings. The average molecular weight is 280 g/mol. The molecule has 1 N–H and O–H groups in total. The molecule has 0 atom stereocenters. The summed E-state index contributed by atoms with van der Waals surface area (Å²) in [6.07, 6.45) is 6.71. The summed E-state index contributed by atoms with van der Waals surface area (Å²) in [4.78, 5) is 19.2. The molecular weight excluding hydrogens is 256 g/mol. The van der Waals surface area contributed by atoms with Gasteiger partial charge in [-0.3, -0.25) is 4.79 Å².